The Hall–Kier alpha value is -10.3. The van der Waals surface area contributed by atoms with Crippen LogP contribution in [0.2, 0.25) is 0 Å². The zero-order valence-electron chi connectivity index (χ0n) is 50.0. The van der Waals surface area contributed by atoms with Gasteiger partial charge in [-0.15, -0.1) is 0 Å². The summed E-state index contributed by atoms with van der Waals surface area (Å²) in [7, 11) is -4.03. The van der Waals surface area contributed by atoms with Crippen LogP contribution in [0.5, 0.6) is 0 Å². The van der Waals surface area contributed by atoms with Gasteiger partial charge in [-0.05, 0) is 126 Å². The Balaban J connectivity index is 0.000000176. The highest BCUT2D eigenvalue weighted by atomic mass is 32.2. The SMILES string of the molecule is Cc1cnc(N[C@H]2CC[C@H](C)N(C(=O)OCc3ccccc3)C2)nc1-c1c[nH]c2nc(-c3conc3C)ccc12.Cc1cnc(N[C@H]2CC[C@H](C)N(C(=O)OCc3ccccc3)C2)nc1-c1cn(S(=O)(=O)c2ccccc2)c2nc(-c3conc3C)ccc12. The summed E-state index contributed by atoms with van der Waals surface area (Å²) in [6, 6.07) is 35.2. The number of hydrogen-bond donors (Lipinski definition) is 3. The van der Waals surface area contributed by atoms with Crippen LogP contribution < -0.4 is 10.6 Å². The molecule has 3 N–H and O–H groups in total. The number of carbonyl (C=O) groups excluding carboxylic acids is 2. The van der Waals surface area contributed by atoms with E-state index in [1.807, 2.05) is 125 Å². The normalized spacial score (nSPS) is 16.8. The monoisotopic (exact) mass is 1210 g/mol. The van der Waals surface area contributed by atoms with Gasteiger partial charge < -0.3 is 43.9 Å². The molecule has 11 aromatic rings. The summed E-state index contributed by atoms with van der Waals surface area (Å²) >= 11 is 0. The molecule has 0 aliphatic carbocycles. The number of H-pyrrole nitrogens is 1. The predicted molar refractivity (Wildman–Crippen MR) is 336 cm³/mol. The fourth-order valence-electron chi connectivity index (χ4n) is 11.2. The van der Waals surface area contributed by atoms with E-state index >= 15 is 0 Å². The van der Waals surface area contributed by atoms with Crippen molar-refractivity contribution in [3.8, 4) is 45.0 Å². The van der Waals surface area contributed by atoms with Crippen LogP contribution in [0.1, 0.15) is 73.2 Å². The minimum atomic E-state index is -4.03. The first-order chi connectivity index (χ1) is 43.1. The van der Waals surface area contributed by atoms with Crippen LogP contribution in [0, 0.1) is 27.7 Å². The zero-order chi connectivity index (χ0) is 61.8. The van der Waals surface area contributed by atoms with Gasteiger partial charge in [-0.2, -0.15) is 0 Å². The summed E-state index contributed by atoms with van der Waals surface area (Å²) in [5, 5.41) is 16.4. The van der Waals surface area contributed by atoms with E-state index in [2.05, 4.69) is 42.8 Å². The Bertz CT molecular complexity index is 4440. The van der Waals surface area contributed by atoms with Gasteiger partial charge in [0.15, 0.2) is 5.65 Å². The summed E-state index contributed by atoms with van der Waals surface area (Å²) in [6.45, 7) is 13.0. The predicted octanol–water partition coefficient (Wildman–Crippen LogP) is 12.5. The Morgan fingerprint density at radius 3 is 1.57 bits per heavy atom. The second kappa shape index (κ2) is 25.6. The van der Waals surface area contributed by atoms with E-state index in [0.717, 1.165) is 87.2 Å². The second-order valence-electron chi connectivity index (χ2n) is 22.5. The average molecular weight is 1220 g/mol. The molecule has 2 saturated heterocycles. The van der Waals surface area contributed by atoms with Crippen LogP contribution in [-0.4, -0.2) is 117 Å². The first kappa shape index (κ1) is 59.1. The number of nitrogens with zero attached hydrogens (tertiary/aromatic N) is 11. The molecule has 22 nitrogen and oxygen atoms in total. The Morgan fingerprint density at radius 2 is 1.07 bits per heavy atom. The van der Waals surface area contributed by atoms with Crippen LogP contribution in [-0.2, 0) is 32.7 Å². The van der Waals surface area contributed by atoms with Crippen molar-refractivity contribution >= 4 is 56.2 Å². The topological polar surface area (TPSA) is 267 Å². The maximum absolute atomic E-state index is 14.0. The van der Waals surface area contributed by atoms with Gasteiger partial charge in [0, 0.05) is 83.9 Å². The van der Waals surface area contributed by atoms with Gasteiger partial charge in [0.05, 0.1) is 50.2 Å². The highest BCUT2D eigenvalue weighted by Gasteiger charge is 2.33. The number of benzene rings is 3. The molecule has 0 unspecified atom stereocenters. The molecular formula is C66H66N14O8S. The Kier molecular flexibility index (Phi) is 17.0. The molecule has 4 atom stereocenters. The van der Waals surface area contributed by atoms with Crippen molar-refractivity contribution in [2.75, 3.05) is 23.7 Å². The van der Waals surface area contributed by atoms with E-state index in [1.54, 1.807) is 65.7 Å². The van der Waals surface area contributed by atoms with Gasteiger partial charge >= 0.3 is 12.2 Å². The number of aromatic amines is 1. The lowest BCUT2D eigenvalue weighted by Gasteiger charge is -2.37. The lowest BCUT2D eigenvalue weighted by molar-refractivity contribution is 0.0689. The number of piperidine rings is 2. The fourth-order valence-corrected chi connectivity index (χ4v) is 12.6. The van der Waals surface area contributed by atoms with Gasteiger partial charge in [0.1, 0.15) is 31.4 Å². The maximum atomic E-state index is 14.0. The van der Waals surface area contributed by atoms with Crippen molar-refractivity contribution in [3.63, 3.8) is 0 Å². The van der Waals surface area contributed by atoms with Crippen molar-refractivity contribution in [3.05, 3.63) is 186 Å². The number of anilines is 2. The van der Waals surface area contributed by atoms with Crippen molar-refractivity contribution < 1.29 is 36.5 Å². The standard InChI is InChI=1S/C36H35N7O5S.C30H31N7O3/c1-23-18-37-35(38-27-15-14-24(2)42(19-27)36(44)47-21-26-10-6-4-7-11-26)40-33(23)30-20-43(49(45,46)28-12-8-5-9-13-28)34-29(30)16-17-32(39-34)31-22-48-41-25(31)3;1-18-13-32-29(33-22-10-9-19(2)37(15-22)30(38)39-16-21-7-5-4-6-8-21)35-27(18)24-14-31-28-23(24)11-12-26(34-28)25-17-40-36-20(25)3/h4-13,16-18,20,22,24,27H,14-15,19,21H2,1-3H3,(H,37,38,40);4-8,11-14,17,19,22H,9-10,15-16H2,1-3H3,(H,31,34)(H,32,33,35)/t24-,27-;19-,22-/m00/s1. The molecule has 13 rings (SSSR count). The highest BCUT2D eigenvalue weighted by molar-refractivity contribution is 7.90. The molecule has 2 aliphatic heterocycles. The smallest absolute Gasteiger partial charge is 0.410 e. The number of hydrogen-bond acceptors (Lipinski definition) is 18. The zero-order valence-corrected chi connectivity index (χ0v) is 50.8. The lowest BCUT2D eigenvalue weighted by Crippen LogP contribution is -2.50. The molecule has 89 heavy (non-hydrogen) atoms. The van der Waals surface area contributed by atoms with Crippen LogP contribution in [0.15, 0.2) is 167 Å². The van der Waals surface area contributed by atoms with Crippen LogP contribution in [0.4, 0.5) is 21.5 Å². The number of aromatic nitrogens is 10. The van der Waals surface area contributed by atoms with E-state index in [9.17, 15) is 18.0 Å². The lowest BCUT2D eigenvalue weighted by atomic mass is 10.00. The van der Waals surface area contributed by atoms with E-state index in [-0.39, 0.29) is 60.1 Å². The third-order valence-corrected chi connectivity index (χ3v) is 17.9. The fraction of sp³-hybridized carbons (Fsp3) is 0.273. The van der Waals surface area contributed by atoms with E-state index < -0.39 is 10.0 Å². The first-order valence-corrected chi connectivity index (χ1v) is 30.9. The summed E-state index contributed by atoms with van der Waals surface area (Å²) in [4.78, 5) is 61.4. The average Bonchev–Trinajstić information content (AvgIpc) is 1.71. The minimum Gasteiger partial charge on any atom is -0.445 e. The molecule has 0 bridgehead atoms. The number of rotatable bonds is 14. The van der Waals surface area contributed by atoms with Gasteiger partial charge in [0.2, 0.25) is 11.9 Å². The molecule has 8 aromatic heterocycles. The van der Waals surface area contributed by atoms with Crippen LogP contribution >= 0.6 is 0 Å². The van der Waals surface area contributed by atoms with Gasteiger partial charge in [-0.1, -0.05) is 89.2 Å². The number of likely N-dealkylation sites (tertiary alicyclic amines) is 2. The second-order valence-corrected chi connectivity index (χ2v) is 24.3. The molecule has 2 aliphatic rings. The van der Waals surface area contributed by atoms with E-state index in [0.29, 0.717) is 58.6 Å². The van der Waals surface area contributed by atoms with Crippen molar-refractivity contribution in [1.29, 1.82) is 0 Å². The van der Waals surface area contributed by atoms with Crippen LogP contribution in [0.3, 0.4) is 0 Å². The third-order valence-electron chi connectivity index (χ3n) is 16.3. The summed E-state index contributed by atoms with van der Waals surface area (Å²) < 4.78 is 50.7. The van der Waals surface area contributed by atoms with E-state index in [1.165, 1.54) is 10.2 Å². The molecular weight excluding hydrogens is 1150 g/mol. The summed E-state index contributed by atoms with van der Waals surface area (Å²) in [5.41, 5.74) is 11.8. The maximum Gasteiger partial charge on any atom is 0.410 e. The van der Waals surface area contributed by atoms with Gasteiger partial charge in [-0.3, -0.25) is 0 Å². The number of ether oxygens (including phenoxy) is 2. The number of nitrogens with one attached hydrogen (secondary N) is 3. The molecule has 3 aromatic carbocycles. The number of amides is 2. The number of pyridine rings is 2. The van der Waals surface area contributed by atoms with Crippen molar-refractivity contribution in [2.24, 2.45) is 0 Å². The molecule has 0 spiro atoms. The summed E-state index contributed by atoms with van der Waals surface area (Å²) in [6.07, 6.45) is 12.8. The molecule has 0 saturated carbocycles. The van der Waals surface area contributed by atoms with Gasteiger partial charge in [-0.25, -0.2) is 51.9 Å². The van der Waals surface area contributed by atoms with Crippen molar-refractivity contribution in [2.45, 2.75) is 110 Å². The Labute approximate surface area is 513 Å². The van der Waals surface area contributed by atoms with Crippen molar-refractivity contribution in [1.82, 2.24) is 59.0 Å². The molecule has 0 radical (unpaired) electrons. The molecule has 454 valence electrons. The van der Waals surface area contributed by atoms with E-state index in [4.69, 9.17) is 38.5 Å². The quantitative estimate of drug-likeness (QED) is 0.0913. The number of fused-ring (bicyclic) bond motifs is 2. The van der Waals surface area contributed by atoms with Gasteiger partial charge in [0.25, 0.3) is 10.0 Å². The Morgan fingerprint density at radius 1 is 0.584 bits per heavy atom. The molecule has 10 heterocycles. The highest BCUT2D eigenvalue weighted by Crippen LogP contribution is 2.37. The third kappa shape index (κ3) is 12.8. The largest absolute Gasteiger partial charge is 0.445 e. The molecule has 2 amide bonds. The summed E-state index contributed by atoms with van der Waals surface area (Å²) in [5.74, 6) is 0.894. The van der Waals surface area contributed by atoms with Crippen LogP contribution in [0.25, 0.3) is 67.1 Å². The number of aryl methyl sites for hydroxylation is 4. The number of carbonyl (C=O) groups is 2. The minimum absolute atomic E-state index is 0.00929. The first-order valence-electron chi connectivity index (χ1n) is 29.4. The molecule has 23 heteroatoms. The molecule has 2 fully saturated rings.